The van der Waals surface area contributed by atoms with E-state index in [1.165, 1.54) is 12.7 Å². The number of carbonyl (C=O) groups is 1. The zero-order valence-corrected chi connectivity index (χ0v) is 14.0. The Morgan fingerprint density at radius 1 is 1.12 bits per heavy atom. The first-order valence-corrected chi connectivity index (χ1v) is 7.67. The van der Waals surface area contributed by atoms with Gasteiger partial charge in [0.25, 0.3) is 0 Å². The number of nitrogens with two attached hydrogens (primary N) is 1. The molecule has 0 atom stereocenters. The van der Waals surface area contributed by atoms with Gasteiger partial charge in [-0.2, -0.15) is 0 Å². The highest BCUT2D eigenvalue weighted by Crippen LogP contribution is 2.41. The van der Waals surface area contributed by atoms with E-state index in [0.717, 1.165) is 16.5 Å². The van der Waals surface area contributed by atoms with Crippen LogP contribution in [-0.4, -0.2) is 31.5 Å². The van der Waals surface area contributed by atoms with Gasteiger partial charge < -0.3 is 20.2 Å². The van der Waals surface area contributed by atoms with Crippen molar-refractivity contribution in [2.24, 2.45) is 5.73 Å². The zero-order valence-electron chi connectivity index (χ0n) is 14.0. The van der Waals surface area contributed by atoms with Gasteiger partial charge in [0.1, 0.15) is 11.5 Å². The van der Waals surface area contributed by atoms with Gasteiger partial charge >= 0.3 is 0 Å². The van der Waals surface area contributed by atoms with Gasteiger partial charge in [0.2, 0.25) is 0 Å². The summed E-state index contributed by atoms with van der Waals surface area (Å²) in [6.45, 7) is 1.96. The molecule has 5 nitrogen and oxygen atoms in total. The molecule has 1 aromatic heterocycles. The quantitative estimate of drug-likeness (QED) is 0.706. The number of carbonyl (C=O) groups excluding carboxylic acids is 1. The summed E-state index contributed by atoms with van der Waals surface area (Å²) in [4.78, 5) is 15.5. The number of nitrogens with one attached hydrogen (secondary N) is 1. The molecule has 0 saturated carbocycles. The number of methoxy groups -OCH3 is 2. The van der Waals surface area contributed by atoms with E-state index in [9.17, 15) is 4.79 Å². The van der Waals surface area contributed by atoms with Crippen molar-refractivity contribution in [3.63, 3.8) is 0 Å². The molecule has 5 heteroatoms. The molecule has 0 spiro atoms. The van der Waals surface area contributed by atoms with Crippen LogP contribution in [0.15, 0.2) is 36.5 Å². The third-order valence-electron chi connectivity index (χ3n) is 4.15. The molecule has 0 amide bonds. The molecule has 0 saturated heterocycles. The predicted octanol–water partition coefficient (Wildman–Crippen LogP) is 3.30. The van der Waals surface area contributed by atoms with E-state index in [0.29, 0.717) is 22.6 Å². The molecule has 0 aliphatic carbocycles. The monoisotopic (exact) mass is 324 g/mol. The van der Waals surface area contributed by atoms with Crippen LogP contribution >= 0.6 is 0 Å². The second-order valence-electron chi connectivity index (χ2n) is 5.60. The molecule has 0 bridgehead atoms. The molecule has 0 aliphatic rings. The lowest BCUT2D eigenvalue weighted by molar-refractivity contribution is 0.1000. The minimum atomic E-state index is -0.184. The maximum Gasteiger partial charge on any atom is 0.182 e. The maximum absolute atomic E-state index is 12.3. The van der Waals surface area contributed by atoms with Gasteiger partial charge in [0, 0.05) is 17.8 Å². The number of H-pyrrole nitrogens is 1. The van der Waals surface area contributed by atoms with Crippen LogP contribution in [0.4, 0.5) is 0 Å². The van der Waals surface area contributed by atoms with Crippen molar-refractivity contribution in [3.05, 3.63) is 47.7 Å². The number of hydrogen-bond acceptors (Lipinski definition) is 4. The SMILES string of the molecule is COc1cc(OC)c2c(-c3ccc(C)cc3)c[nH]c2c1C(=O)CN. The van der Waals surface area contributed by atoms with E-state index in [4.69, 9.17) is 15.2 Å². The van der Waals surface area contributed by atoms with Gasteiger partial charge in [-0.25, -0.2) is 0 Å². The van der Waals surface area contributed by atoms with Crippen molar-refractivity contribution in [1.29, 1.82) is 0 Å². The molecule has 1 heterocycles. The fourth-order valence-corrected chi connectivity index (χ4v) is 2.92. The molecule has 0 fully saturated rings. The zero-order chi connectivity index (χ0) is 17.3. The van der Waals surface area contributed by atoms with Gasteiger partial charge in [0.05, 0.1) is 37.2 Å². The Bertz CT molecular complexity index is 895. The van der Waals surface area contributed by atoms with E-state index in [1.54, 1.807) is 13.2 Å². The van der Waals surface area contributed by atoms with E-state index < -0.39 is 0 Å². The average Bonchev–Trinajstić information content (AvgIpc) is 3.05. The molecule has 124 valence electrons. The minimum Gasteiger partial charge on any atom is -0.496 e. The first-order chi connectivity index (χ1) is 11.6. The second kappa shape index (κ2) is 6.37. The number of benzene rings is 2. The van der Waals surface area contributed by atoms with Crippen molar-refractivity contribution in [3.8, 4) is 22.6 Å². The van der Waals surface area contributed by atoms with Crippen LogP contribution < -0.4 is 15.2 Å². The van der Waals surface area contributed by atoms with Crippen LogP contribution in [0.5, 0.6) is 11.5 Å². The topological polar surface area (TPSA) is 77.3 Å². The van der Waals surface area contributed by atoms with Crippen molar-refractivity contribution in [2.45, 2.75) is 6.92 Å². The van der Waals surface area contributed by atoms with Gasteiger partial charge in [-0.1, -0.05) is 29.8 Å². The first kappa shape index (κ1) is 16.1. The van der Waals surface area contributed by atoms with Crippen LogP contribution in [0.25, 0.3) is 22.0 Å². The second-order valence-corrected chi connectivity index (χ2v) is 5.60. The Morgan fingerprint density at radius 2 is 1.79 bits per heavy atom. The summed E-state index contributed by atoms with van der Waals surface area (Å²) >= 11 is 0. The molecule has 3 aromatic rings. The Morgan fingerprint density at radius 3 is 2.38 bits per heavy atom. The summed E-state index contributed by atoms with van der Waals surface area (Å²) < 4.78 is 10.9. The summed E-state index contributed by atoms with van der Waals surface area (Å²) in [7, 11) is 3.13. The highest BCUT2D eigenvalue weighted by molar-refractivity contribution is 6.15. The van der Waals surface area contributed by atoms with Crippen molar-refractivity contribution >= 4 is 16.7 Å². The molecule has 3 rings (SSSR count). The third kappa shape index (κ3) is 2.53. The Hall–Kier alpha value is -2.79. The molecular weight excluding hydrogens is 304 g/mol. The molecule has 0 aliphatic heterocycles. The minimum absolute atomic E-state index is 0.0866. The lowest BCUT2D eigenvalue weighted by atomic mass is 9.99. The Kier molecular flexibility index (Phi) is 4.27. The number of rotatable bonds is 5. The number of Topliss-reactive ketones (excluding diaryl/α,β-unsaturated/α-hetero) is 1. The third-order valence-corrected chi connectivity index (χ3v) is 4.15. The summed E-state index contributed by atoms with van der Waals surface area (Å²) in [6.07, 6.45) is 1.88. The summed E-state index contributed by atoms with van der Waals surface area (Å²) in [5, 5.41) is 0.846. The van der Waals surface area contributed by atoms with Crippen LogP contribution in [0.2, 0.25) is 0 Å². The average molecular weight is 324 g/mol. The van der Waals surface area contributed by atoms with Crippen LogP contribution in [-0.2, 0) is 0 Å². The van der Waals surface area contributed by atoms with Gasteiger partial charge in [-0.15, -0.1) is 0 Å². The molecule has 2 aromatic carbocycles. The molecule has 24 heavy (non-hydrogen) atoms. The molecular formula is C19H20N2O3. The fourth-order valence-electron chi connectivity index (χ4n) is 2.92. The molecule has 0 radical (unpaired) electrons. The number of ketones is 1. The highest BCUT2D eigenvalue weighted by Gasteiger charge is 2.22. The standard InChI is InChI=1S/C19H20N2O3/c1-11-4-6-12(7-5-11)13-10-21-19-17(13)15(23-2)8-16(24-3)18(19)14(22)9-20/h4-8,10,21H,9,20H2,1-3H3. The number of aromatic amines is 1. The van der Waals surface area contributed by atoms with Gasteiger partial charge in [-0.3, -0.25) is 4.79 Å². The number of hydrogen-bond donors (Lipinski definition) is 2. The van der Waals surface area contributed by atoms with Crippen molar-refractivity contribution in [2.75, 3.05) is 20.8 Å². The largest absolute Gasteiger partial charge is 0.496 e. The van der Waals surface area contributed by atoms with Crippen LogP contribution in [0.1, 0.15) is 15.9 Å². The van der Waals surface area contributed by atoms with E-state index >= 15 is 0 Å². The van der Waals surface area contributed by atoms with Gasteiger partial charge in [0.15, 0.2) is 5.78 Å². The lowest BCUT2D eigenvalue weighted by Crippen LogP contribution is -2.15. The number of aromatic nitrogens is 1. The maximum atomic E-state index is 12.3. The van der Waals surface area contributed by atoms with Gasteiger partial charge in [-0.05, 0) is 12.5 Å². The lowest BCUT2D eigenvalue weighted by Gasteiger charge is -2.13. The summed E-state index contributed by atoms with van der Waals surface area (Å²) in [6, 6.07) is 9.93. The Labute approximate surface area is 140 Å². The van der Waals surface area contributed by atoms with Crippen LogP contribution in [0, 0.1) is 6.92 Å². The normalized spacial score (nSPS) is 10.8. The van der Waals surface area contributed by atoms with E-state index in [-0.39, 0.29) is 12.3 Å². The summed E-state index contributed by atoms with van der Waals surface area (Å²) in [5.41, 5.74) is 9.90. The van der Waals surface area contributed by atoms with E-state index in [2.05, 4.69) is 17.1 Å². The number of fused-ring (bicyclic) bond motifs is 1. The predicted molar refractivity (Wildman–Crippen MR) is 95.0 cm³/mol. The first-order valence-electron chi connectivity index (χ1n) is 7.67. The highest BCUT2D eigenvalue weighted by atomic mass is 16.5. The Balaban J connectivity index is 2.35. The number of aryl methyl sites for hydroxylation is 1. The molecule has 3 N–H and O–H groups in total. The molecule has 0 unspecified atom stereocenters. The number of ether oxygens (including phenoxy) is 2. The van der Waals surface area contributed by atoms with Crippen LogP contribution in [0.3, 0.4) is 0 Å². The summed E-state index contributed by atoms with van der Waals surface area (Å²) in [5.74, 6) is 0.913. The van der Waals surface area contributed by atoms with Crippen molar-refractivity contribution < 1.29 is 14.3 Å². The fraction of sp³-hybridized carbons (Fsp3) is 0.211. The van der Waals surface area contributed by atoms with Crippen molar-refractivity contribution in [1.82, 2.24) is 4.98 Å². The van der Waals surface area contributed by atoms with E-state index in [1.807, 2.05) is 25.3 Å². The smallest absolute Gasteiger partial charge is 0.182 e.